The topological polar surface area (TPSA) is 254 Å². The van der Waals surface area contributed by atoms with Crippen LogP contribution >= 0.6 is 0 Å². The second-order valence-corrected chi connectivity index (χ2v) is 27.3. The number of carbonyl (C=O) groups excluding carboxylic acids is 1. The van der Waals surface area contributed by atoms with Crippen molar-refractivity contribution in [3.8, 4) is 0 Å². The number of aliphatic carboxylic acids is 1. The van der Waals surface area contributed by atoms with E-state index in [4.69, 9.17) is 71.1 Å². The molecule has 16 fully saturated rings. The molecule has 0 aromatic heterocycles. The molecule has 4 N–H and O–H groups in total. The van der Waals surface area contributed by atoms with Gasteiger partial charge in [-0.05, 0) is 73.8 Å². The number of esters is 1. The third kappa shape index (κ3) is 8.84. The van der Waals surface area contributed by atoms with Crippen molar-refractivity contribution in [1.29, 1.82) is 0 Å². The number of aliphatic hydroxyl groups is 3. The van der Waals surface area contributed by atoms with Crippen molar-refractivity contribution in [2.75, 3.05) is 0 Å². The molecule has 16 heterocycles. The first-order chi connectivity index (χ1) is 38.2. The van der Waals surface area contributed by atoms with Crippen LogP contribution in [0.15, 0.2) is 24.3 Å². The summed E-state index contributed by atoms with van der Waals surface area (Å²) in [7, 11) is 0. The zero-order chi connectivity index (χ0) is 55.1. The molecule has 3 spiro atoms. The molecule has 0 radical (unpaired) electrons. The lowest BCUT2D eigenvalue weighted by molar-refractivity contribution is -0.371. The van der Waals surface area contributed by atoms with Crippen molar-refractivity contribution in [2.24, 2.45) is 23.7 Å². The number of carboxylic acid groups (broad SMARTS) is 1. The summed E-state index contributed by atoms with van der Waals surface area (Å²) in [5.74, 6) is -7.08. The number of carbonyl (C=O) groups is 2. The average Bonchev–Trinajstić information content (AvgIpc) is 4.32. The molecule has 0 saturated carbocycles. The van der Waals surface area contributed by atoms with Gasteiger partial charge in [0.25, 0.3) is 0 Å². The van der Waals surface area contributed by atoms with Crippen LogP contribution in [-0.4, -0.2) is 202 Å². The van der Waals surface area contributed by atoms with Crippen molar-refractivity contribution >= 4 is 11.9 Å². The highest BCUT2D eigenvalue weighted by atomic mass is 16.8. The van der Waals surface area contributed by atoms with Crippen LogP contribution in [0.25, 0.3) is 0 Å². The molecule has 16 aliphatic heterocycles. The van der Waals surface area contributed by atoms with Gasteiger partial charge in [0.1, 0.15) is 36.6 Å². The minimum atomic E-state index is -2.04. The highest BCUT2D eigenvalue weighted by Gasteiger charge is 2.79. The number of aliphatic hydroxyl groups excluding tert-OH is 2. The largest absolute Gasteiger partial charge is 0.481 e. The smallest absolute Gasteiger partial charge is 0.308 e. The molecule has 21 nitrogen and oxygen atoms in total. The van der Waals surface area contributed by atoms with Crippen LogP contribution in [0.1, 0.15) is 137 Å². The lowest BCUT2D eigenvalue weighted by atomic mass is 9.78. The van der Waals surface area contributed by atoms with E-state index in [2.05, 4.69) is 40.9 Å². The summed E-state index contributed by atoms with van der Waals surface area (Å²) < 4.78 is 102. The van der Waals surface area contributed by atoms with Crippen LogP contribution in [0.5, 0.6) is 0 Å². The van der Waals surface area contributed by atoms with Crippen LogP contribution in [0, 0.1) is 23.7 Å². The SMILES string of the molecule is C=C1C[C@@H]2CC[C@@]34O[C@@H]5[C@@H]6O[C@](O)([C@H](O3)[C@@H]6O[C@H]3CC[C@H](CC(=O)O[C@@H]6[C@@H](C)[C@@H]7O[C@@H]8C[C@]9(C[C@@H]%10O[C@]%11(C[C@H](C)[C@@H]%12O[C@H](CC(=O)O)[C@H](O)C[C@@H]%12O%11)C[C@H](C)[C@@H]%10O9)O[C@@H]8C[C@@H]7O[C@H]6C[C@H]6O[C@@H](CC[C@@H]1O2)C[C@@H](C)C6=C)O[C@H]53)[C@H]4O. The number of hydrogen-bond donors (Lipinski definition) is 4. The fourth-order valence-electron chi connectivity index (χ4n) is 18.0. The summed E-state index contributed by atoms with van der Waals surface area (Å²) in [6, 6.07) is 0. The van der Waals surface area contributed by atoms with Crippen LogP contribution < -0.4 is 0 Å². The molecule has 444 valence electrons. The van der Waals surface area contributed by atoms with Gasteiger partial charge in [-0.3, -0.25) is 9.59 Å². The van der Waals surface area contributed by atoms with E-state index in [1.807, 2.05) is 0 Å². The molecule has 32 atom stereocenters. The maximum atomic E-state index is 14.6. The molecule has 0 aromatic rings. The number of rotatable bonds is 2. The Balaban J connectivity index is 0.666. The van der Waals surface area contributed by atoms with Gasteiger partial charge >= 0.3 is 11.9 Å². The maximum absolute atomic E-state index is 14.6. The van der Waals surface area contributed by atoms with Crippen LogP contribution in [0.3, 0.4) is 0 Å². The Kier molecular flexibility index (Phi) is 13.3. The van der Waals surface area contributed by atoms with Gasteiger partial charge in [0.15, 0.2) is 17.7 Å². The van der Waals surface area contributed by atoms with E-state index in [0.29, 0.717) is 70.6 Å². The molecular formula is C59H82O21. The standard InChI is InChI=1S/C59H82O21/c1-24-13-30-7-9-34-25(2)14-32(66-34)11-12-58-55(64)59(65)54(80-58)53-52(79-59)51(78-58)50-35(70-53)10-8-31(68-50)15-45(63)73-49-29(6)48-40(69-39(49)17-36(67-30)28(24)5)18-38-42(72-48)22-57(74-38)23-43-47(77-57)27(4)21-56(76-43)20-26(3)46-41(75-56)16-33(60)37(71-46)19-44(61)62/h24,26-27,29-43,46-55,60,64-65H,2,5,7-23H2,1,3-4,6H3,(H,61,62)/t24-,26+,27+,29+,30+,31-,32+,33-,34+,35+,36-,37-,38-,39+,40+,41+,42-,43+,46+,47+,48+,49-,50+,51+,52+,53-,54-,55+,56-,57+,58-,59-/m1/s1. The van der Waals surface area contributed by atoms with Gasteiger partial charge in [-0.2, -0.15) is 0 Å². The normalized spacial score (nSPS) is 58.7. The summed E-state index contributed by atoms with van der Waals surface area (Å²) >= 11 is 0. The van der Waals surface area contributed by atoms with E-state index in [9.17, 15) is 30.0 Å². The van der Waals surface area contributed by atoms with Gasteiger partial charge in [-0.1, -0.05) is 40.9 Å². The first-order valence-electron chi connectivity index (χ1n) is 30.4. The molecule has 0 unspecified atom stereocenters. The molecule has 80 heavy (non-hydrogen) atoms. The Morgan fingerprint density at radius 3 is 2.09 bits per heavy atom. The van der Waals surface area contributed by atoms with Crippen molar-refractivity contribution in [1.82, 2.24) is 0 Å². The Morgan fingerprint density at radius 2 is 1.26 bits per heavy atom. The van der Waals surface area contributed by atoms with Crippen molar-refractivity contribution in [3.63, 3.8) is 0 Å². The zero-order valence-corrected chi connectivity index (χ0v) is 46.3. The number of ether oxygens (including phenoxy) is 15. The molecule has 21 heteroatoms. The van der Waals surface area contributed by atoms with E-state index in [0.717, 1.165) is 24.0 Å². The number of hydrogen-bond acceptors (Lipinski definition) is 20. The van der Waals surface area contributed by atoms with Gasteiger partial charge < -0.3 is 91.5 Å². The number of carboxylic acids is 1. The van der Waals surface area contributed by atoms with Crippen molar-refractivity contribution in [3.05, 3.63) is 24.3 Å². The minimum absolute atomic E-state index is 0.00631. The van der Waals surface area contributed by atoms with E-state index >= 15 is 0 Å². The highest BCUT2D eigenvalue weighted by molar-refractivity contribution is 5.70. The fourth-order valence-corrected chi connectivity index (χ4v) is 18.0. The molecule has 0 aliphatic carbocycles. The summed E-state index contributed by atoms with van der Waals surface area (Å²) in [5.41, 5.74) is 1.99. The fraction of sp³-hybridized carbons (Fsp3) is 0.898. The second-order valence-electron chi connectivity index (χ2n) is 27.3. The molecule has 16 saturated heterocycles. The predicted octanol–water partition coefficient (Wildman–Crippen LogP) is 3.95. The Hall–Kier alpha value is -2.26. The summed E-state index contributed by atoms with van der Waals surface area (Å²) in [6.07, 6.45) is -5.45. The average molecular weight is 1130 g/mol. The Morgan fingerprint density at radius 1 is 0.562 bits per heavy atom. The monoisotopic (exact) mass is 1130 g/mol. The highest BCUT2D eigenvalue weighted by Crippen LogP contribution is 2.59. The van der Waals surface area contributed by atoms with Gasteiger partial charge in [0, 0.05) is 57.3 Å². The third-order valence-electron chi connectivity index (χ3n) is 21.8. The summed E-state index contributed by atoms with van der Waals surface area (Å²) in [6.45, 7) is 17.5. The predicted molar refractivity (Wildman–Crippen MR) is 271 cm³/mol. The third-order valence-corrected chi connectivity index (χ3v) is 21.8. The second kappa shape index (κ2) is 19.6. The maximum Gasteiger partial charge on any atom is 0.308 e. The van der Waals surface area contributed by atoms with Crippen LogP contribution in [-0.2, 0) is 80.6 Å². The van der Waals surface area contributed by atoms with E-state index in [1.54, 1.807) is 0 Å². The molecular weight excluding hydrogens is 1040 g/mol. The van der Waals surface area contributed by atoms with Crippen molar-refractivity contribution in [2.45, 2.75) is 306 Å². The van der Waals surface area contributed by atoms with E-state index in [1.165, 1.54) is 0 Å². The lowest BCUT2D eigenvalue weighted by Crippen LogP contribution is -2.63. The summed E-state index contributed by atoms with van der Waals surface area (Å²) in [5, 5.41) is 44.2. The first kappa shape index (κ1) is 54.4. The lowest BCUT2D eigenvalue weighted by Gasteiger charge is -2.54. The quantitative estimate of drug-likeness (QED) is 0.226. The molecule has 0 aromatic carbocycles. The van der Waals surface area contributed by atoms with E-state index in [-0.39, 0.29) is 110 Å². The van der Waals surface area contributed by atoms with Crippen LogP contribution in [0.2, 0.25) is 0 Å². The first-order valence-corrected chi connectivity index (χ1v) is 30.4. The zero-order valence-electron chi connectivity index (χ0n) is 46.3. The van der Waals surface area contributed by atoms with Gasteiger partial charge in [0.2, 0.25) is 11.6 Å². The summed E-state index contributed by atoms with van der Waals surface area (Å²) in [4.78, 5) is 26.1. The molecule has 16 aliphatic rings. The Labute approximate surface area is 466 Å². The van der Waals surface area contributed by atoms with Gasteiger partial charge in [0.05, 0.1) is 117 Å². The van der Waals surface area contributed by atoms with Gasteiger partial charge in [-0.15, -0.1) is 0 Å². The molecule has 0 amide bonds. The molecule has 12 bridgehead atoms. The number of fused-ring (bicyclic) bond motifs is 10. The Bertz CT molecular complexity index is 2460. The minimum Gasteiger partial charge on any atom is -0.481 e. The van der Waals surface area contributed by atoms with Crippen LogP contribution in [0.4, 0.5) is 0 Å². The van der Waals surface area contributed by atoms with Crippen molar-refractivity contribution < 1.29 is 101 Å². The molecule has 16 rings (SSSR count). The van der Waals surface area contributed by atoms with E-state index < -0.39 is 121 Å². The van der Waals surface area contributed by atoms with Gasteiger partial charge in [-0.25, -0.2) is 0 Å².